The van der Waals surface area contributed by atoms with E-state index in [0.29, 0.717) is 27.3 Å². The van der Waals surface area contributed by atoms with E-state index < -0.39 is 0 Å². The molecular formula is C12H9N7S2. The van der Waals surface area contributed by atoms with Gasteiger partial charge >= 0.3 is 0 Å². The average Bonchev–Trinajstić information content (AvgIpc) is 3.09. The van der Waals surface area contributed by atoms with Crippen molar-refractivity contribution in [3.05, 3.63) is 32.9 Å². The van der Waals surface area contributed by atoms with Gasteiger partial charge in [0.05, 0.1) is 29.8 Å². The number of hydrazone groups is 1. The van der Waals surface area contributed by atoms with E-state index in [-0.39, 0.29) is 6.42 Å². The summed E-state index contributed by atoms with van der Waals surface area (Å²) < 4.78 is 0.298. The van der Waals surface area contributed by atoms with E-state index in [0.717, 1.165) is 4.88 Å². The van der Waals surface area contributed by atoms with Gasteiger partial charge in [0.25, 0.3) is 0 Å². The summed E-state index contributed by atoms with van der Waals surface area (Å²) in [5.41, 5.74) is 4.08. The molecule has 21 heavy (non-hydrogen) atoms. The highest BCUT2D eigenvalue weighted by Gasteiger charge is 2.12. The molecule has 7 nitrogen and oxygen atoms in total. The number of aromatic nitrogens is 4. The molecular weight excluding hydrogens is 306 g/mol. The fourth-order valence-electron chi connectivity index (χ4n) is 1.82. The number of rotatable bonds is 4. The number of hydrogen-bond acceptors (Lipinski definition) is 7. The second kappa shape index (κ2) is 5.82. The Morgan fingerprint density at radius 1 is 1.57 bits per heavy atom. The second-order valence-corrected chi connectivity index (χ2v) is 5.40. The highest BCUT2D eigenvalue weighted by Crippen LogP contribution is 2.22. The summed E-state index contributed by atoms with van der Waals surface area (Å²) in [6.07, 6.45) is 1.90. The van der Waals surface area contributed by atoms with Crippen molar-refractivity contribution in [1.82, 2.24) is 20.2 Å². The fraction of sp³-hybridized carbons (Fsp3) is 0.0833. The Bertz CT molecular complexity index is 883. The molecule has 3 N–H and O–H groups in total. The van der Waals surface area contributed by atoms with Crippen molar-refractivity contribution in [2.75, 3.05) is 5.43 Å². The molecule has 104 valence electrons. The maximum Gasteiger partial charge on any atom is 0.200 e. The fourth-order valence-corrected chi connectivity index (χ4v) is 2.59. The number of aromatic amines is 2. The van der Waals surface area contributed by atoms with Crippen LogP contribution in [0.4, 0.5) is 5.82 Å². The summed E-state index contributed by atoms with van der Waals surface area (Å²) in [7, 11) is 0. The zero-order valence-corrected chi connectivity index (χ0v) is 12.3. The molecule has 0 aliphatic heterocycles. The molecule has 0 aliphatic rings. The zero-order valence-electron chi connectivity index (χ0n) is 10.6. The molecule has 0 unspecified atom stereocenters. The molecule has 0 saturated carbocycles. The molecule has 0 saturated heterocycles. The first kappa shape index (κ1) is 13.4. The molecule has 3 heterocycles. The first-order valence-electron chi connectivity index (χ1n) is 5.94. The Morgan fingerprint density at radius 3 is 3.24 bits per heavy atom. The van der Waals surface area contributed by atoms with Crippen molar-refractivity contribution in [3.63, 3.8) is 0 Å². The lowest BCUT2D eigenvalue weighted by Gasteiger charge is -2.01. The lowest BCUT2D eigenvalue weighted by atomic mass is 10.2. The maximum absolute atomic E-state index is 8.85. The van der Waals surface area contributed by atoms with E-state index in [9.17, 15) is 0 Å². The van der Waals surface area contributed by atoms with Gasteiger partial charge < -0.3 is 4.98 Å². The van der Waals surface area contributed by atoms with Crippen molar-refractivity contribution in [3.8, 4) is 6.07 Å². The Hall–Kier alpha value is -2.57. The van der Waals surface area contributed by atoms with Crippen LogP contribution < -0.4 is 5.43 Å². The average molecular weight is 315 g/mol. The Morgan fingerprint density at radius 2 is 2.48 bits per heavy atom. The normalized spacial score (nSPS) is 11.0. The van der Waals surface area contributed by atoms with E-state index in [1.54, 1.807) is 17.6 Å². The van der Waals surface area contributed by atoms with Gasteiger partial charge in [0.1, 0.15) is 0 Å². The molecule has 0 bridgehead atoms. The molecule has 0 aliphatic carbocycles. The van der Waals surface area contributed by atoms with Crippen molar-refractivity contribution < 1.29 is 0 Å². The van der Waals surface area contributed by atoms with E-state index in [1.807, 2.05) is 17.5 Å². The van der Waals surface area contributed by atoms with Gasteiger partial charge in [0, 0.05) is 4.88 Å². The van der Waals surface area contributed by atoms with Crippen LogP contribution in [-0.4, -0.2) is 26.4 Å². The minimum Gasteiger partial charge on any atom is -0.313 e. The summed E-state index contributed by atoms with van der Waals surface area (Å²) in [6.45, 7) is 0. The summed E-state index contributed by atoms with van der Waals surface area (Å²) in [6, 6.07) is 5.98. The van der Waals surface area contributed by atoms with Gasteiger partial charge in [-0.2, -0.15) is 15.5 Å². The monoisotopic (exact) mass is 315 g/mol. The Labute approximate surface area is 128 Å². The molecule has 0 aromatic carbocycles. The largest absolute Gasteiger partial charge is 0.313 e. The third-order valence-corrected chi connectivity index (χ3v) is 3.68. The molecule has 3 aromatic rings. The molecule has 0 amide bonds. The van der Waals surface area contributed by atoms with Gasteiger partial charge in [0.2, 0.25) is 4.77 Å². The molecule has 0 spiro atoms. The maximum atomic E-state index is 8.85. The van der Waals surface area contributed by atoms with E-state index in [1.165, 1.54) is 0 Å². The SMILES string of the molecule is N#CCc1[nH]nc2[nH]c(=S)nc(N/N=C/c3cccs3)c12. The van der Waals surface area contributed by atoms with Crippen LogP contribution in [0.1, 0.15) is 10.6 Å². The summed E-state index contributed by atoms with van der Waals surface area (Å²) in [4.78, 5) is 8.10. The molecule has 9 heteroatoms. The minimum atomic E-state index is 0.201. The lowest BCUT2D eigenvalue weighted by Crippen LogP contribution is -1.97. The van der Waals surface area contributed by atoms with Crippen molar-refractivity contribution >= 4 is 46.6 Å². The highest BCUT2D eigenvalue weighted by atomic mass is 32.1. The predicted octanol–water partition coefficient (Wildman–Crippen LogP) is 2.59. The quantitative estimate of drug-likeness (QED) is 0.390. The topological polar surface area (TPSA) is 106 Å². The van der Waals surface area contributed by atoms with Crippen LogP contribution >= 0.6 is 23.6 Å². The molecule has 0 radical (unpaired) electrons. The van der Waals surface area contributed by atoms with Gasteiger partial charge in [-0.25, -0.2) is 4.98 Å². The number of anilines is 1. The van der Waals surface area contributed by atoms with Crippen LogP contribution in [0.15, 0.2) is 22.6 Å². The van der Waals surface area contributed by atoms with Crippen molar-refractivity contribution in [2.45, 2.75) is 6.42 Å². The van der Waals surface area contributed by atoms with Crippen LogP contribution in [0.25, 0.3) is 11.0 Å². The predicted molar refractivity (Wildman–Crippen MR) is 83.9 cm³/mol. The van der Waals surface area contributed by atoms with Crippen LogP contribution in [0.2, 0.25) is 0 Å². The smallest absolute Gasteiger partial charge is 0.200 e. The van der Waals surface area contributed by atoms with Crippen molar-refractivity contribution in [2.24, 2.45) is 5.10 Å². The van der Waals surface area contributed by atoms with Gasteiger partial charge in [0.15, 0.2) is 11.5 Å². The van der Waals surface area contributed by atoms with Crippen LogP contribution in [-0.2, 0) is 6.42 Å². The zero-order chi connectivity index (χ0) is 14.7. The van der Waals surface area contributed by atoms with Gasteiger partial charge in [-0.3, -0.25) is 10.5 Å². The number of nitrogens with one attached hydrogen (secondary N) is 3. The first-order valence-corrected chi connectivity index (χ1v) is 7.23. The molecule has 3 rings (SSSR count). The van der Waals surface area contributed by atoms with E-state index in [2.05, 4.69) is 36.8 Å². The minimum absolute atomic E-state index is 0.201. The number of thiophene rings is 1. The number of hydrogen-bond donors (Lipinski definition) is 3. The first-order chi connectivity index (χ1) is 10.3. The highest BCUT2D eigenvalue weighted by molar-refractivity contribution is 7.71. The van der Waals surface area contributed by atoms with Crippen LogP contribution in [0.5, 0.6) is 0 Å². The Kier molecular flexibility index (Phi) is 3.72. The Balaban J connectivity index is 1.98. The third kappa shape index (κ3) is 2.81. The summed E-state index contributed by atoms with van der Waals surface area (Å²) >= 11 is 6.64. The third-order valence-electron chi connectivity index (χ3n) is 2.68. The standard InChI is InChI=1S/C12H9N7S2/c13-4-3-8-9-10(15-12(20)16-11(9)19-17-8)18-14-6-7-2-1-5-21-7/h1-2,5-6H,3H2,(H3,15,16,17,18,19,20)/b14-6+. The number of nitriles is 1. The van der Waals surface area contributed by atoms with Gasteiger partial charge in [-0.15, -0.1) is 11.3 Å². The van der Waals surface area contributed by atoms with E-state index >= 15 is 0 Å². The molecule has 0 atom stereocenters. The number of nitrogens with zero attached hydrogens (tertiary/aromatic N) is 4. The van der Waals surface area contributed by atoms with Crippen molar-refractivity contribution in [1.29, 1.82) is 5.26 Å². The van der Waals surface area contributed by atoms with Gasteiger partial charge in [-0.1, -0.05) is 6.07 Å². The summed E-state index contributed by atoms with van der Waals surface area (Å²) in [5, 5.41) is 22.5. The second-order valence-electron chi connectivity index (χ2n) is 4.04. The number of fused-ring (bicyclic) bond motifs is 1. The number of H-pyrrole nitrogens is 2. The van der Waals surface area contributed by atoms with Crippen LogP contribution in [0.3, 0.4) is 0 Å². The van der Waals surface area contributed by atoms with Gasteiger partial charge in [-0.05, 0) is 23.7 Å². The molecule has 0 fully saturated rings. The lowest BCUT2D eigenvalue weighted by molar-refractivity contribution is 1.02. The van der Waals surface area contributed by atoms with E-state index in [4.69, 9.17) is 17.5 Å². The van der Waals surface area contributed by atoms with Crippen LogP contribution in [0, 0.1) is 16.1 Å². The summed E-state index contributed by atoms with van der Waals surface area (Å²) in [5.74, 6) is 0.473. The molecule has 3 aromatic heterocycles.